The van der Waals surface area contributed by atoms with Crippen LogP contribution in [0.1, 0.15) is 20.3 Å². The Kier molecular flexibility index (Phi) is 9.16. The van der Waals surface area contributed by atoms with Gasteiger partial charge in [0.1, 0.15) is 6.04 Å². The molecule has 1 N–H and O–H groups in total. The maximum atomic E-state index is 8.83. The zero-order chi connectivity index (χ0) is 10.8. The molecule has 1 atom stereocenters. The Balaban J connectivity index is 3.40. The zero-order valence-corrected chi connectivity index (χ0v) is 10.1. The molecule has 0 radical (unpaired) electrons. The summed E-state index contributed by atoms with van der Waals surface area (Å²) in [6.45, 7) is 4.92. The van der Waals surface area contributed by atoms with Gasteiger partial charge in [0, 0.05) is 25.5 Å². The maximum Gasteiger partial charge on any atom is 0.105 e. The van der Waals surface area contributed by atoms with Gasteiger partial charge in [0.05, 0.1) is 6.07 Å². The molecule has 0 aliphatic carbocycles. The summed E-state index contributed by atoms with van der Waals surface area (Å²) in [6.07, 6.45) is 1.06. The second kappa shape index (κ2) is 9.32. The number of nitrogens with zero attached hydrogens (tertiary/aromatic N) is 1. The van der Waals surface area contributed by atoms with Gasteiger partial charge in [0.25, 0.3) is 0 Å². The number of hydrogen-bond donors (Lipinski definition) is 1. The second-order valence-electron chi connectivity index (χ2n) is 3.42. The number of ether oxygens (including phenoxy) is 1. The summed E-state index contributed by atoms with van der Waals surface area (Å²) in [4.78, 5) is 0. The largest absolute Gasteiger partial charge is 0.385 e. The fraction of sp³-hybridized carbons (Fsp3) is 0.900. The van der Waals surface area contributed by atoms with Gasteiger partial charge in [-0.2, -0.15) is 17.0 Å². The van der Waals surface area contributed by atoms with Gasteiger partial charge in [-0.25, -0.2) is 0 Å². The Labute approximate surface area is 91.2 Å². The molecule has 0 spiro atoms. The number of thioether (sulfide) groups is 1. The zero-order valence-electron chi connectivity index (χ0n) is 9.25. The van der Waals surface area contributed by atoms with Crippen LogP contribution >= 0.6 is 11.8 Å². The van der Waals surface area contributed by atoms with Crippen molar-refractivity contribution in [2.24, 2.45) is 0 Å². The first-order valence-electron chi connectivity index (χ1n) is 4.93. The summed E-state index contributed by atoms with van der Waals surface area (Å²) in [5, 5.41) is 12.0. The van der Waals surface area contributed by atoms with Crippen LogP contribution < -0.4 is 5.32 Å². The van der Waals surface area contributed by atoms with E-state index in [-0.39, 0.29) is 6.04 Å². The molecule has 14 heavy (non-hydrogen) atoms. The van der Waals surface area contributed by atoms with Gasteiger partial charge in [0.2, 0.25) is 0 Å². The van der Waals surface area contributed by atoms with E-state index in [2.05, 4.69) is 25.2 Å². The van der Waals surface area contributed by atoms with Gasteiger partial charge in [-0.1, -0.05) is 0 Å². The predicted molar refractivity (Wildman–Crippen MR) is 61.5 cm³/mol. The Hall–Kier alpha value is -0.240. The van der Waals surface area contributed by atoms with Gasteiger partial charge < -0.3 is 4.74 Å². The Morgan fingerprint density at radius 2 is 2.21 bits per heavy atom. The van der Waals surface area contributed by atoms with E-state index in [1.54, 1.807) is 18.9 Å². The lowest BCUT2D eigenvalue weighted by molar-refractivity contribution is 0.200. The third kappa shape index (κ3) is 8.36. The van der Waals surface area contributed by atoms with Crippen molar-refractivity contribution in [3.63, 3.8) is 0 Å². The lowest BCUT2D eigenvalue weighted by Gasteiger charge is -2.13. The molecule has 0 aliphatic rings. The van der Waals surface area contributed by atoms with Crippen molar-refractivity contribution in [2.45, 2.75) is 32.4 Å². The monoisotopic (exact) mass is 216 g/mol. The van der Waals surface area contributed by atoms with Crippen LogP contribution in [-0.2, 0) is 4.74 Å². The van der Waals surface area contributed by atoms with Crippen LogP contribution in [0.3, 0.4) is 0 Å². The quantitative estimate of drug-likeness (QED) is 0.627. The molecule has 0 aromatic heterocycles. The molecule has 1 unspecified atom stereocenters. The summed E-state index contributed by atoms with van der Waals surface area (Å²) in [6, 6.07) is 2.61. The van der Waals surface area contributed by atoms with Gasteiger partial charge >= 0.3 is 0 Å². The maximum absolute atomic E-state index is 8.83. The molecule has 0 saturated carbocycles. The van der Waals surface area contributed by atoms with Crippen LogP contribution in [0, 0.1) is 11.3 Å². The Morgan fingerprint density at radius 3 is 2.71 bits per heavy atom. The molecule has 0 aliphatic heterocycles. The van der Waals surface area contributed by atoms with E-state index in [0.29, 0.717) is 6.04 Å². The first kappa shape index (κ1) is 13.8. The molecule has 82 valence electrons. The summed E-state index contributed by atoms with van der Waals surface area (Å²) in [7, 11) is 1.71. The minimum atomic E-state index is -0.0254. The standard InChI is InChI=1S/C10H20N2OS/c1-9(2)12-10(7-11)8-14-6-4-5-13-3/h9-10,12H,4-6,8H2,1-3H3. The summed E-state index contributed by atoms with van der Waals surface area (Å²) in [5.74, 6) is 1.92. The highest BCUT2D eigenvalue weighted by molar-refractivity contribution is 7.99. The summed E-state index contributed by atoms with van der Waals surface area (Å²) >= 11 is 1.80. The molecule has 0 amide bonds. The molecule has 0 bridgehead atoms. The van der Waals surface area contributed by atoms with E-state index in [4.69, 9.17) is 10.00 Å². The lowest BCUT2D eigenvalue weighted by atomic mass is 10.3. The van der Waals surface area contributed by atoms with Crippen LogP contribution in [0.25, 0.3) is 0 Å². The number of methoxy groups -OCH3 is 1. The van der Waals surface area contributed by atoms with Crippen molar-refractivity contribution in [3.05, 3.63) is 0 Å². The molecule has 0 rings (SSSR count). The molecule has 0 fully saturated rings. The molecule has 0 aromatic carbocycles. The number of nitrogens with one attached hydrogen (secondary N) is 1. The van der Waals surface area contributed by atoms with E-state index < -0.39 is 0 Å². The van der Waals surface area contributed by atoms with Crippen molar-refractivity contribution >= 4 is 11.8 Å². The average molecular weight is 216 g/mol. The minimum Gasteiger partial charge on any atom is -0.385 e. The van der Waals surface area contributed by atoms with E-state index in [1.165, 1.54) is 0 Å². The minimum absolute atomic E-state index is 0.0254. The highest BCUT2D eigenvalue weighted by Gasteiger charge is 2.07. The second-order valence-corrected chi connectivity index (χ2v) is 4.57. The predicted octanol–water partition coefficient (Wildman–Crippen LogP) is 1.65. The molecule has 0 saturated heterocycles. The van der Waals surface area contributed by atoms with Crippen LogP contribution in [0.15, 0.2) is 0 Å². The number of hydrogen-bond acceptors (Lipinski definition) is 4. The van der Waals surface area contributed by atoms with Crippen molar-refractivity contribution in [3.8, 4) is 6.07 Å². The molecule has 0 heterocycles. The van der Waals surface area contributed by atoms with Crippen molar-refractivity contribution in [2.75, 3.05) is 25.2 Å². The van der Waals surface area contributed by atoms with Crippen molar-refractivity contribution in [1.29, 1.82) is 5.26 Å². The molecular weight excluding hydrogens is 196 g/mol. The molecule has 3 nitrogen and oxygen atoms in total. The van der Waals surface area contributed by atoms with E-state index >= 15 is 0 Å². The van der Waals surface area contributed by atoms with Gasteiger partial charge in [0.15, 0.2) is 0 Å². The first-order valence-corrected chi connectivity index (χ1v) is 6.08. The molecule has 0 aromatic rings. The fourth-order valence-electron chi connectivity index (χ4n) is 1.03. The fourth-order valence-corrected chi connectivity index (χ4v) is 1.93. The van der Waals surface area contributed by atoms with Gasteiger partial charge in [-0.3, -0.25) is 5.32 Å². The first-order chi connectivity index (χ1) is 6.70. The van der Waals surface area contributed by atoms with Crippen LogP contribution in [0.5, 0.6) is 0 Å². The topological polar surface area (TPSA) is 45.0 Å². The van der Waals surface area contributed by atoms with Crippen molar-refractivity contribution < 1.29 is 4.74 Å². The van der Waals surface area contributed by atoms with E-state index in [1.807, 2.05) is 0 Å². The average Bonchev–Trinajstić information content (AvgIpc) is 2.15. The normalized spacial score (nSPS) is 12.8. The SMILES string of the molecule is COCCCSCC(C#N)NC(C)C. The highest BCUT2D eigenvalue weighted by Crippen LogP contribution is 2.05. The third-order valence-electron chi connectivity index (χ3n) is 1.61. The van der Waals surface area contributed by atoms with E-state index in [9.17, 15) is 0 Å². The van der Waals surface area contributed by atoms with E-state index in [0.717, 1.165) is 24.5 Å². The van der Waals surface area contributed by atoms with Crippen molar-refractivity contribution in [1.82, 2.24) is 5.32 Å². The van der Waals surface area contributed by atoms with Crippen LogP contribution in [-0.4, -0.2) is 37.3 Å². The summed E-state index contributed by atoms with van der Waals surface area (Å²) in [5.41, 5.74) is 0. The smallest absolute Gasteiger partial charge is 0.105 e. The Bertz CT molecular complexity index is 168. The molecular formula is C10H20N2OS. The highest BCUT2D eigenvalue weighted by atomic mass is 32.2. The van der Waals surface area contributed by atoms with Gasteiger partial charge in [-0.15, -0.1) is 0 Å². The number of rotatable bonds is 8. The third-order valence-corrected chi connectivity index (χ3v) is 2.76. The summed E-state index contributed by atoms with van der Waals surface area (Å²) < 4.78 is 4.95. The van der Waals surface area contributed by atoms with Crippen LogP contribution in [0.2, 0.25) is 0 Å². The van der Waals surface area contributed by atoms with Gasteiger partial charge in [-0.05, 0) is 26.0 Å². The van der Waals surface area contributed by atoms with Crippen LogP contribution in [0.4, 0.5) is 0 Å². The number of nitriles is 1. The lowest BCUT2D eigenvalue weighted by Crippen LogP contribution is -2.35. The Morgan fingerprint density at radius 1 is 1.50 bits per heavy atom. The molecule has 4 heteroatoms.